The Balaban J connectivity index is 4.55. The Kier molecular flexibility index (Phi) is 6.50. The summed E-state index contributed by atoms with van der Waals surface area (Å²) in [6.07, 6.45) is 2.76. The maximum absolute atomic E-state index is 10.9. The molecule has 90 valence electrons. The van der Waals surface area contributed by atoms with Gasteiger partial charge in [-0.25, -0.2) is 0 Å². The van der Waals surface area contributed by atoms with E-state index in [1.807, 2.05) is 0 Å². The molecule has 5 heteroatoms. The lowest BCUT2D eigenvalue weighted by atomic mass is 10.3. The lowest BCUT2D eigenvalue weighted by molar-refractivity contribution is -0.138. The number of hydrogen-bond donors (Lipinski definition) is 0. The standard InChI is InChI=1S/C11H18O4Si/c1-5-6-7-8-9-16(4,14-10(2)12)15-11(3)13/h5-7H2,1-4H3. The van der Waals surface area contributed by atoms with E-state index in [0.29, 0.717) is 0 Å². The molecule has 0 bridgehead atoms. The molecule has 0 N–H and O–H groups in total. The molecular weight excluding hydrogens is 224 g/mol. The lowest BCUT2D eigenvalue weighted by Gasteiger charge is -2.18. The van der Waals surface area contributed by atoms with Crippen molar-refractivity contribution in [3.05, 3.63) is 0 Å². The van der Waals surface area contributed by atoms with Gasteiger partial charge in [0.15, 0.2) is 0 Å². The maximum Gasteiger partial charge on any atom is 0.548 e. The third-order valence-electron chi connectivity index (χ3n) is 1.65. The highest BCUT2D eigenvalue weighted by Gasteiger charge is 2.36. The van der Waals surface area contributed by atoms with Crippen LogP contribution < -0.4 is 0 Å². The molecule has 0 atom stereocenters. The van der Waals surface area contributed by atoms with Crippen molar-refractivity contribution in [2.45, 2.75) is 46.6 Å². The van der Waals surface area contributed by atoms with Crippen molar-refractivity contribution < 1.29 is 18.4 Å². The molecule has 0 aliphatic rings. The second-order valence-corrected chi connectivity index (χ2v) is 6.09. The van der Waals surface area contributed by atoms with Crippen LogP contribution in [0.5, 0.6) is 0 Å². The summed E-state index contributed by atoms with van der Waals surface area (Å²) in [5.74, 6) is 1.95. The highest BCUT2D eigenvalue weighted by atomic mass is 28.4. The molecular formula is C11H18O4Si. The molecule has 0 aromatic rings. The van der Waals surface area contributed by atoms with Gasteiger partial charge in [-0.15, -0.1) is 5.92 Å². The van der Waals surface area contributed by atoms with E-state index in [4.69, 9.17) is 8.85 Å². The largest absolute Gasteiger partial charge is 0.548 e. The van der Waals surface area contributed by atoms with Crippen molar-refractivity contribution in [3.8, 4) is 11.5 Å². The number of carbonyl (C=O) groups is 2. The fourth-order valence-electron chi connectivity index (χ4n) is 1.11. The van der Waals surface area contributed by atoms with E-state index in [1.165, 1.54) is 13.8 Å². The number of hydrogen-bond acceptors (Lipinski definition) is 4. The van der Waals surface area contributed by atoms with E-state index >= 15 is 0 Å². The van der Waals surface area contributed by atoms with Gasteiger partial charge in [-0.05, 0) is 12.0 Å². The van der Waals surface area contributed by atoms with Crippen LogP contribution in [-0.2, 0) is 18.4 Å². The first-order chi connectivity index (χ1) is 7.39. The summed E-state index contributed by atoms with van der Waals surface area (Å²) >= 11 is 0. The van der Waals surface area contributed by atoms with Crippen LogP contribution in [-0.4, -0.2) is 20.5 Å². The highest BCUT2D eigenvalue weighted by Crippen LogP contribution is 2.07. The molecule has 0 amide bonds. The van der Waals surface area contributed by atoms with Gasteiger partial charge in [0.05, 0.1) is 0 Å². The van der Waals surface area contributed by atoms with Gasteiger partial charge in [0.1, 0.15) is 0 Å². The highest BCUT2D eigenvalue weighted by molar-refractivity contribution is 6.77. The second kappa shape index (κ2) is 7.07. The van der Waals surface area contributed by atoms with Crippen molar-refractivity contribution in [1.82, 2.24) is 0 Å². The smallest absolute Gasteiger partial charge is 0.476 e. The van der Waals surface area contributed by atoms with E-state index in [1.54, 1.807) is 6.55 Å². The summed E-state index contributed by atoms with van der Waals surface area (Å²) < 4.78 is 10.0. The van der Waals surface area contributed by atoms with Crippen LogP contribution in [0.25, 0.3) is 0 Å². The summed E-state index contributed by atoms with van der Waals surface area (Å²) in [7, 11) is -2.99. The van der Waals surface area contributed by atoms with Crippen molar-refractivity contribution in [3.63, 3.8) is 0 Å². The van der Waals surface area contributed by atoms with Crippen LogP contribution in [0.15, 0.2) is 0 Å². The quantitative estimate of drug-likeness (QED) is 0.429. The van der Waals surface area contributed by atoms with Gasteiger partial charge in [0, 0.05) is 26.8 Å². The SMILES string of the molecule is CCCCC#C[Si](C)(OC(C)=O)OC(C)=O. The van der Waals surface area contributed by atoms with Crippen LogP contribution >= 0.6 is 0 Å². The summed E-state index contributed by atoms with van der Waals surface area (Å²) in [5.41, 5.74) is 2.80. The van der Waals surface area contributed by atoms with Crippen molar-refractivity contribution in [2.75, 3.05) is 0 Å². The average Bonchev–Trinajstić information content (AvgIpc) is 2.09. The van der Waals surface area contributed by atoms with Gasteiger partial charge in [-0.2, -0.15) is 0 Å². The Morgan fingerprint density at radius 1 is 1.19 bits per heavy atom. The third-order valence-corrected chi connectivity index (χ3v) is 3.63. The fourth-order valence-corrected chi connectivity index (χ4v) is 2.80. The number of carbonyl (C=O) groups excluding carboxylic acids is 2. The van der Waals surface area contributed by atoms with E-state index < -0.39 is 20.5 Å². The molecule has 0 rings (SSSR count). The molecule has 0 saturated carbocycles. The van der Waals surface area contributed by atoms with E-state index in [-0.39, 0.29) is 0 Å². The van der Waals surface area contributed by atoms with E-state index in [2.05, 4.69) is 18.4 Å². The van der Waals surface area contributed by atoms with Gasteiger partial charge in [-0.1, -0.05) is 13.3 Å². The summed E-state index contributed by atoms with van der Waals surface area (Å²) in [6, 6.07) is 0. The molecule has 0 spiro atoms. The molecule has 0 aliphatic carbocycles. The zero-order chi connectivity index (χ0) is 12.6. The summed E-state index contributed by atoms with van der Waals surface area (Å²) in [4.78, 5) is 21.8. The molecule has 0 heterocycles. The molecule has 0 aliphatic heterocycles. The molecule has 0 saturated heterocycles. The zero-order valence-corrected chi connectivity index (χ0v) is 11.3. The summed E-state index contributed by atoms with van der Waals surface area (Å²) in [6.45, 7) is 6.22. The Hall–Kier alpha value is -1.28. The Bertz CT molecular complexity index is 298. The Morgan fingerprint density at radius 2 is 1.69 bits per heavy atom. The maximum atomic E-state index is 10.9. The van der Waals surface area contributed by atoms with E-state index in [0.717, 1.165) is 19.3 Å². The molecule has 0 unspecified atom stereocenters. The predicted octanol–water partition coefficient (Wildman–Crippen LogP) is 1.92. The predicted molar refractivity (Wildman–Crippen MR) is 62.5 cm³/mol. The first-order valence-corrected chi connectivity index (χ1v) is 7.60. The minimum atomic E-state index is -2.99. The van der Waals surface area contributed by atoms with E-state index in [9.17, 15) is 9.59 Å². The van der Waals surface area contributed by atoms with Crippen molar-refractivity contribution in [1.29, 1.82) is 0 Å². The van der Waals surface area contributed by atoms with Crippen molar-refractivity contribution in [2.24, 2.45) is 0 Å². The topological polar surface area (TPSA) is 52.6 Å². The Labute approximate surface area is 97.6 Å². The molecule has 0 radical (unpaired) electrons. The van der Waals surface area contributed by atoms with Gasteiger partial charge < -0.3 is 8.85 Å². The molecule has 4 nitrogen and oxygen atoms in total. The Morgan fingerprint density at radius 3 is 2.06 bits per heavy atom. The lowest BCUT2D eigenvalue weighted by Crippen LogP contribution is -2.40. The molecule has 16 heavy (non-hydrogen) atoms. The van der Waals surface area contributed by atoms with Crippen LogP contribution in [0, 0.1) is 11.5 Å². The number of unbranched alkanes of at least 4 members (excludes halogenated alkanes) is 2. The average molecular weight is 242 g/mol. The summed E-state index contributed by atoms with van der Waals surface area (Å²) in [5, 5.41) is 0. The van der Waals surface area contributed by atoms with Crippen LogP contribution in [0.4, 0.5) is 0 Å². The van der Waals surface area contributed by atoms with Crippen molar-refractivity contribution >= 4 is 20.5 Å². The monoisotopic (exact) mass is 242 g/mol. The van der Waals surface area contributed by atoms with Gasteiger partial charge in [0.25, 0.3) is 11.9 Å². The minimum absolute atomic E-state index is 0.472. The van der Waals surface area contributed by atoms with Gasteiger partial charge in [0.2, 0.25) is 0 Å². The molecule has 0 fully saturated rings. The van der Waals surface area contributed by atoms with Crippen LogP contribution in [0.1, 0.15) is 40.0 Å². The van der Waals surface area contributed by atoms with Crippen LogP contribution in [0.3, 0.4) is 0 Å². The molecule has 0 aromatic carbocycles. The number of rotatable bonds is 4. The molecule has 0 aromatic heterocycles. The third kappa shape index (κ3) is 7.07. The fraction of sp³-hybridized carbons (Fsp3) is 0.636. The minimum Gasteiger partial charge on any atom is -0.476 e. The van der Waals surface area contributed by atoms with Gasteiger partial charge >= 0.3 is 8.56 Å². The first kappa shape index (κ1) is 14.7. The van der Waals surface area contributed by atoms with Gasteiger partial charge in [-0.3, -0.25) is 9.59 Å². The zero-order valence-electron chi connectivity index (χ0n) is 10.3. The normalized spacial score (nSPS) is 10.0. The first-order valence-electron chi connectivity index (χ1n) is 5.29. The van der Waals surface area contributed by atoms with Crippen LogP contribution in [0.2, 0.25) is 6.55 Å². The second-order valence-electron chi connectivity index (χ2n) is 3.54.